The van der Waals surface area contributed by atoms with E-state index in [-0.39, 0.29) is 12.5 Å². The molecule has 0 unspecified atom stereocenters. The zero-order valence-electron chi connectivity index (χ0n) is 10.6. The van der Waals surface area contributed by atoms with Crippen molar-refractivity contribution in [3.8, 4) is 5.75 Å². The van der Waals surface area contributed by atoms with Gasteiger partial charge in [-0.3, -0.25) is 4.79 Å². The molecule has 0 spiro atoms. The molecule has 0 radical (unpaired) electrons. The van der Waals surface area contributed by atoms with Crippen molar-refractivity contribution < 1.29 is 9.53 Å². The molecular formula is C14H20N2O2. The zero-order valence-corrected chi connectivity index (χ0v) is 10.6. The van der Waals surface area contributed by atoms with Gasteiger partial charge in [-0.25, -0.2) is 0 Å². The Morgan fingerprint density at radius 1 is 1.33 bits per heavy atom. The highest BCUT2D eigenvalue weighted by molar-refractivity contribution is 5.77. The van der Waals surface area contributed by atoms with Crippen LogP contribution in [0.1, 0.15) is 24.0 Å². The van der Waals surface area contributed by atoms with Gasteiger partial charge in [0, 0.05) is 0 Å². The summed E-state index contributed by atoms with van der Waals surface area (Å²) in [6.45, 7) is 1.02. The summed E-state index contributed by atoms with van der Waals surface area (Å²) < 4.78 is 5.74. The summed E-state index contributed by atoms with van der Waals surface area (Å²) in [5.74, 6) is 0.822. The van der Waals surface area contributed by atoms with Crippen LogP contribution < -0.4 is 15.8 Å². The van der Waals surface area contributed by atoms with E-state index in [9.17, 15) is 4.79 Å². The van der Waals surface area contributed by atoms with Crippen molar-refractivity contribution >= 4 is 5.91 Å². The first-order valence-corrected chi connectivity index (χ1v) is 6.51. The average Bonchev–Trinajstić information content (AvgIpc) is 2.43. The first-order valence-electron chi connectivity index (χ1n) is 6.51. The van der Waals surface area contributed by atoms with Gasteiger partial charge in [0.2, 0.25) is 5.91 Å². The molecule has 4 nitrogen and oxygen atoms in total. The van der Waals surface area contributed by atoms with E-state index in [1.165, 1.54) is 24.0 Å². The molecule has 98 valence electrons. The molecule has 18 heavy (non-hydrogen) atoms. The summed E-state index contributed by atoms with van der Waals surface area (Å²) in [5.41, 5.74) is 7.95. The number of fused-ring (bicyclic) bond motifs is 1. The second-order valence-electron chi connectivity index (χ2n) is 4.50. The number of carbonyl (C=O) groups is 1. The highest BCUT2D eigenvalue weighted by Gasteiger charge is 2.13. The van der Waals surface area contributed by atoms with Gasteiger partial charge in [0.05, 0.1) is 13.1 Å². The van der Waals surface area contributed by atoms with E-state index >= 15 is 0 Å². The van der Waals surface area contributed by atoms with Crippen molar-refractivity contribution in [2.45, 2.75) is 25.7 Å². The van der Waals surface area contributed by atoms with Crippen LogP contribution in [0.25, 0.3) is 0 Å². The van der Waals surface area contributed by atoms with Crippen molar-refractivity contribution in [3.63, 3.8) is 0 Å². The number of nitrogens with one attached hydrogen (secondary N) is 1. The van der Waals surface area contributed by atoms with Gasteiger partial charge in [0.25, 0.3) is 0 Å². The molecule has 1 aromatic rings. The summed E-state index contributed by atoms with van der Waals surface area (Å²) in [7, 11) is 0. The normalized spacial score (nSPS) is 13.8. The lowest BCUT2D eigenvalue weighted by Gasteiger charge is -2.19. The van der Waals surface area contributed by atoms with Crippen LogP contribution in [0.4, 0.5) is 0 Å². The Kier molecular flexibility index (Phi) is 4.59. The number of hydrogen-bond acceptors (Lipinski definition) is 3. The average molecular weight is 248 g/mol. The first-order chi connectivity index (χ1) is 8.81. The van der Waals surface area contributed by atoms with Crippen LogP contribution in [0.3, 0.4) is 0 Å². The van der Waals surface area contributed by atoms with Gasteiger partial charge >= 0.3 is 0 Å². The molecule has 1 aromatic carbocycles. The molecule has 2 rings (SSSR count). The fourth-order valence-corrected chi connectivity index (χ4v) is 2.31. The molecule has 1 amide bonds. The highest BCUT2D eigenvalue weighted by atomic mass is 16.5. The monoisotopic (exact) mass is 248 g/mol. The minimum Gasteiger partial charge on any atom is -0.491 e. The van der Waals surface area contributed by atoms with Crippen molar-refractivity contribution in [3.05, 3.63) is 29.3 Å². The SMILES string of the molecule is NCC(=O)NCCOc1cccc2c1CCCC2. The fourth-order valence-electron chi connectivity index (χ4n) is 2.31. The van der Waals surface area contributed by atoms with Crippen LogP contribution in [0.5, 0.6) is 5.75 Å². The maximum atomic E-state index is 11.0. The molecule has 0 atom stereocenters. The topological polar surface area (TPSA) is 64.4 Å². The van der Waals surface area contributed by atoms with Crippen molar-refractivity contribution in [1.29, 1.82) is 0 Å². The molecule has 0 bridgehead atoms. The largest absolute Gasteiger partial charge is 0.491 e. The highest BCUT2D eigenvalue weighted by Crippen LogP contribution is 2.29. The van der Waals surface area contributed by atoms with Gasteiger partial charge in [0.15, 0.2) is 0 Å². The molecule has 3 N–H and O–H groups in total. The minimum absolute atomic E-state index is 0.0285. The summed E-state index contributed by atoms with van der Waals surface area (Å²) in [5, 5.41) is 2.69. The number of ether oxygens (including phenoxy) is 1. The van der Waals surface area contributed by atoms with Gasteiger partial charge in [-0.15, -0.1) is 0 Å². The minimum atomic E-state index is -0.145. The molecule has 0 aromatic heterocycles. The third kappa shape index (κ3) is 3.23. The molecule has 0 heterocycles. The Bertz CT molecular complexity index is 418. The van der Waals surface area contributed by atoms with Gasteiger partial charge in [-0.2, -0.15) is 0 Å². The molecule has 1 aliphatic carbocycles. The smallest absolute Gasteiger partial charge is 0.233 e. The number of nitrogens with two attached hydrogens (primary N) is 1. The van der Waals surface area contributed by atoms with Gasteiger partial charge in [-0.05, 0) is 42.9 Å². The Hall–Kier alpha value is -1.55. The first kappa shape index (κ1) is 12.9. The van der Waals surface area contributed by atoms with Crippen LogP contribution in [-0.4, -0.2) is 25.6 Å². The molecule has 0 saturated carbocycles. The van der Waals surface area contributed by atoms with E-state index in [0.29, 0.717) is 13.2 Å². The third-order valence-electron chi connectivity index (χ3n) is 3.22. The zero-order chi connectivity index (χ0) is 12.8. The standard InChI is InChI=1S/C14H20N2O2/c15-10-14(17)16-8-9-18-13-7-3-5-11-4-1-2-6-12(11)13/h3,5,7H,1-2,4,6,8-10,15H2,(H,16,17). The Balaban J connectivity index is 1.88. The maximum Gasteiger partial charge on any atom is 0.233 e. The predicted molar refractivity (Wildman–Crippen MR) is 70.6 cm³/mol. The quantitative estimate of drug-likeness (QED) is 0.765. The molecule has 0 aliphatic heterocycles. The van der Waals surface area contributed by atoms with Gasteiger partial charge in [-0.1, -0.05) is 12.1 Å². The second kappa shape index (κ2) is 6.40. The van der Waals surface area contributed by atoms with Gasteiger partial charge in [0.1, 0.15) is 12.4 Å². The van der Waals surface area contributed by atoms with E-state index in [0.717, 1.165) is 18.6 Å². The van der Waals surface area contributed by atoms with Crippen LogP contribution in [-0.2, 0) is 17.6 Å². The van der Waals surface area contributed by atoms with Crippen LogP contribution in [0.15, 0.2) is 18.2 Å². The van der Waals surface area contributed by atoms with Crippen molar-refractivity contribution in [1.82, 2.24) is 5.32 Å². The second-order valence-corrected chi connectivity index (χ2v) is 4.50. The van der Waals surface area contributed by atoms with Gasteiger partial charge < -0.3 is 15.8 Å². The number of hydrogen-bond donors (Lipinski definition) is 2. The predicted octanol–water partition coefficient (Wildman–Crippen LogP) is 1.02. The summed E-state index contributed by atoms with van der Waals surface area (Å²) in [4.78, 5) is 11.0. The Labute approximate surface area is 108 Å². The third-order valence-corrected chi connectivity index (χ3v) is 3.22. The Morgan fingerprint density at radius 3 is 3.00 bits per heavy atom. The molecular weight excluding hydrogens is 228 g/mol. The molecule has 0 saturated heterocycles. The van der Waals surface area contributed by atoms with E-state index in [2.05, 4.69) is 11.4 Å². The molecule has 0 fully saturated rings. The number of benzene rings is 1. The Morgan fingerprint density at radius 2 is 2.17 bits per heavy atom. The van der Waals surface area contributed by atoms with Crippen LogP contribution in [0, 0.1) is 0 Å². The lowest BCUT2D eigenvalue weighted by Crippen LogP contribution is -2.33. The number of rotatable bonds is 5. The van der Waals surface area contributed by atoms with Crippen LogP contribution in [0.2, 0.25) is 0 Å². The molecule has 4 heteroatoms. The fraction of sp³-hybridized carbons (Fsp3) is 0.500. The molecule has 1 aliphatic rings. The summed E-state index contributed by atoms with van der Waals surface area (Å²) in [6.07, 6.45) is 4.75. The summed E-state index contributed by atoms with van der Waals surface area (Å²) in [6, 6.07) is 6.23. The van der Waals surface area contributed by atoms with Crippen LogP contribution >= 0.6 is 0 Å². The van der Waals surface area contributed by atoms with E-state index < -0.39 is 0 Å². The number of carbonyl (C=O) groups excluding carboxylic acids is 1. The lowest BCUT2D eigenvalue weighted by molar-refractivity contribution is -0.119. The van der Waals surface area contributed by atoms with E-state index in [1.54, 1.807) is 0 Å². The van der Waals surface area contributed by atoms with Crippen molar-refractivity contribution in [2.75, 3.05) is 19.7 Å². The number of amides is 1. The van der Waals surface area contributed by atoms with E-state index in [4.69, 9.17) is 10.5 Å². The van der Waals surface area contributed by atoms with Crippen molar-refractivity contribution in [2.24, 2.45) is 5.73 Å². The van der Waals surface area contributed by atoms with E-state index in [1.807, 2.05) is 12.1 Å². The maximum absolute atomic E-state index is 11.0. The number of aryl methyl sites for hydroxylation is 1. The lowest BCUT2D eigenvalue weighted by atomic mass is 9.91. The summed E-state index contributed by atoms with van der Waals surface area (Å²) >= 11 is 0.